The molecule has 7 nitrogen and oxygen atoms in total. The number of ether oxygens (including phenoxy) is 1. The van der Waals surface area contributed by atoms with Crippen LogP contribution in [0.15, 0.2) is 42.5 Å². The van der Waals surface area contributed by atoms with Gasteiger partial charge in [-0.25, -0.2) is 4.79 Å². The molecule has 1 aliphatic carbocycles. The lowest BCUT2D eigenvalue weighted by Gasteiger charge is -2.25. The number of halogens is 2. The van der Waals surface area contributed by atoms with Crippen molar-refractivity contribution in [2.24, 2.45) is 17.8 Å². The van der Waals surface area contributed by atoms with Gasteiger partial charge >= 0.3 is 5.97 Å². The number of rotatable bonds is 5. The van der Waals surface area contributed by atoms with Gasteiger partial charge in [-0.2, -0.15) is 0 Å². The zero-order valence-corrected chi connectivity index (χ0v) is 19.4. The van der Waals surface area contributed by atoms with Gasteiger partial charge in [0.15, 0.2) is 6.61 Å². The van der Waals surface area contributed by atoms with E-state index in [4.69, 9.17) is 27.9 Å². The van der Waals surface area contributed by atoms with E-state index in [1.807, 2.05) is 0 Å². The molecule has 9 heteroatoms. The summed E-state index contributed by atoms with van der Waals surface area (Å²) in [5.74, 6) is -2.00. The van der Waals surface area contributed by atoms with E-state index in [-0.39, 0.29) is 29.2 Å². The number of amides is 3. The lowest BCUT2D eigenvalue weighted by Crippen LogP contribution is -2.31. The lowest BCUT2D eigenvalue weighted by molar-refractivity contribution is -0.122. The highest BCUT2D eigenvalue weighted by atomic mass is 35.5. The maximum atomic E-state index is 12.9. The van der Waals surface area contributed by atoms with E-state index in [0.717, 1.165) is 6.42 Å². The van der Waals surface area contributed by atoms with Crippen LogP contribution in [0.1, 0.15) is 36.5 Å². The standard InChI is InChI=1S/C24H22Cl2N2O5/c1-13-5-7-17-18(9-13)23(31)28(22(17)30)16-4-2-3-14(10-16)24(32)33-12-21(29)27-20-11-15(25)6-8-19(20)26/h2-4,6,8,10-11,13,17-18H,5,7,9,12H2,1H3,(H,27,29)/t13-,17-,18+/m1/s1. The SMILES string of the molecule is C[C@@H]1CC[C@H]2C(=O)N(c3cccc(C(=O)OCC(=O)Nc4cc(Cl)ccc4Cl)c3)C(=O)[C@H]2C1. The molecule has 4 rings (SSSR count). The van der Waals surface area contributed by atoms with Gasteiger partial charge in [-0.15, -0.1) is 0 Å². The van der Waals surface area contributed by atoms with Gasteiger partial charge in [0.1, 0.15) is 0 Å². The van der Waals surface area contributed by atoms with Gasteiger partial charge in [-0.1, -0.05) is 36.2 Å². The highest BCUT2D eigenvalue weighted by Crippen LogP contribution is 2.42. The number of hydrogen-bond donors (Lipinski definition) is 1. The molecule has 1 N–H and O–H groups in total. The molecule has 1 saturated carbocycles. The Morgan fingerprint density at radius 3 is 2.61 bits per heavy atom. The largest absolute Gasteiger partial charge is 0.452 e. The minimum atomic E-state index is -0.755. The van der Waals surface area contributed by atoms with E-state index < -0.39 is 18.5 Å². The third-order valence-corrected chi connectivity index (χ3v) is 6.63. The Bertz CT molecular complexity index is 1140. The van der Waals surface area contributed by atoms with Gasteiger partial charge < -0.3 is 10.1 Å². The summed E-state index contributed by atoms with van der Waals surface area (Å²) in [5, 5.41) is 3.21. The van der Waals surface area contributed by atoms with Crippen LogP contribution in [0.25, 0.3) is 0 Å². The molecule has 2 aliphatic rings. The van der Waals surface area contributed by atoms with Crippen LogP contribution in [0.3, 0.4) is 0 Å². The Hall–Kier alpha value is -2.90. The molecule has 0 spiro atoms. The van der Waals surface area contributed by atoms with Crippen molar-refractivity contribution in [2.45, 2.75) is 26.2 Å². The minimum absolute atomic E-state index is 0.130. The van der Waals surface area contributed by atoms with Crippen molar-refractivity contribution < 1.29 is 23.9 Å². The van der Waals surface area contributed by atoms with Crippen molar-refractivity contribution in [3.8, 4) is 0 Å². The number of benzene rings is 2. The number of nitrogens with zero attached hydrogens (tertiary/aromatic N) is 1. The van der Waals surface area contributed by atoms with Gasteiger partial charge in [0.05, 0.1) is 33.8 Å². The number of nitrogens with one attached hydrogen (secondary N) is 1. The molecule has 2 aromatic carbocycles. The van der Waals surface area contributed by atoms with E-state index in [9.17, 15) is 19.2 Å². The summed E-state index contributed by atoms with van der Waals surface area (Å²) in [7, 11) is 0. The fraction of sp³-hybridized carbons (Fsp3) is 0.333. The van der Waals surface area contributed by atoms with Gasteiger partial charge in [0, 0.05) is 5.02 Å². The molecule has 0 radical (unpaired) electrons. The topological polar surface area (TPSA) is 92.8 Å². The van der Waals surface area contributed by atoms with Gasteiger partial charge in [-0.3, -0.25) is 19.3 Å². The van der Waals surface area contributed by atoms with Crippen molar-refractivity contribution in [3.63, 3.8) is 0 Å². The monoisotopic (exact) mass is 488 g/mol. The van der Waals surface area contributed by atoms with Crippen LogP contribution in [0.4, 0.5) is 11.4 Å². The van der Waals surface area contributed by atoms with E-state index >= 15 is 0 Å². The Morgan fingerprint density at radius 2 is 1.82 bits per heavy atom. The minimum Gasteiger partial charge on any atom is -0.452 e. The molecule has 1 saturated heterocycles. The predicted octanol–water partition coefficient (Wildman–Crippen LogP) is 4.71. The first-order valence-electron chi connectivity index (χ1n) is 10.6. The second-order valence-corrected chi connectivity index (χ2v) is 9.29. The average molecular weight is 489 g/mol. The second kappa shape index (κ2) is 9.53. The number of fused-ring (bicyclic) bond motifs is 1. The van der Waals surface area contributed by atoms with Crippen molar-refractivity contribution in [3.05, 3.63) is 58.1 Å². The Balaban J connectivity index is 1.42. The predicted molar refractivity (Wildman–Crippen MR) is 124 cm³/mol. The van der Waals surface area contributed by atoms with Crippen molar-refractivity contribution in [1.29, 1.82) is 0 Å². The van der Waals surface area contributed by atoms with Crippen LogP contribution in [-0.2, 0) is 19.1 Å². The normalized spacial score (nSPS) is 22.2. The molecule has 0 aromatic heterocycles. The molecule has 1 heterocycles. The van der Waals surface area contributed by atoms with Crippen LogP contribution in [0, 0.1) is 17.8 Å². The van der Waals surface area contributed by atoms with Crippen LogP contribution in [0.2, 0.25) is 10.0 Å². The zero-order chi connectivity index (χ0) is 23.7. The molecule has 33 heavy (non-hydrogen) atoms. The molecule has 0 bridgehead atoms. The van der Waals surface area contributed by atoms with Gasteiger partial charge in [0.2, 0.25) is 11.8 Å². The van der Waals surface area contributed by atoms with E-state index in [1.165, 1.54) is 29.2 Å². The summed E-state index contributed by atoms with van der Waals surface area (Å²) in [6, 6.07) is 10.7. The van der Waals surface area contributed by atoms with E-state index in [2.05, 4.69) is 12.2 Å². The molecular weight excluding hydrogens is 467 g/mol. The summed E-state index contributed by atoms with van der Waals surface area (Å²) in [6.45, 7) is 1.54. The lowest BCUT2D eigenvalue weighted by atomic mass is 9.76. The van der Waals surface area contributed by atoms with E-state index in [0.29, 0.717) is 40.2 Å². The van der Waals surface area contributed by atoms with Crippen molar-refractivity contribution in [2.75, 3.05) is 16.8 Å². The highest BCUT2D eigenvalue weighted by molar-refractivity contribution is 6.35. The molecule has 2 fully saturated rings. The average Bonchev–Trinajstić information content (AvgIpc) is 3.04. The van der Waals surface area contributed by atoms with Crippen LogP contribution in [-0.4, -0.2) is 30.3 Å². The number of anilines is 2. The van der Waals surface area contributed by atoms with Crippen molar-refractivity contribution in [1.82, 2.24) is 0 Å². The summed E-state index contributed by atoms with van der Waals surface area (Å²) < 4.78 is 5.10. The summed E-state index contributed by atoms with van der Waals surface area (Å²) in [6.07, 6.45) is 2.31. The maximum absolute atomic E-state index is 12.9. The van der Waals surface area contributed by atoms with Gasteiger partial charge in [0.25, 0.3) is 5.91 Å². The first-order chi connectivity index (χ1) is 15.7. The van der Waals surface area contributed by atoms with Crippen LogP contribution >= 0.6 is 23.2 Å². The molecule has 2 aromatic rings. The number of carbonyl (C=O) groups is 4. The quantitative estimate of drug-likeness (QED) is 0.485. The molecule has 172 valence electrons. The maximum Gasteiger partial charge on any atom is 0.338 e. The molecule has 0 unspecified atom stereocenters. The third kappa shape index (κ3) is 4.89. The zero-order valence-electron chi connectivity index (χ0n) is 17.8. The van der Waals surface area contributed by atoms with Gasteiger partial charge in [-0.05, 0) is 61.6 Å². The Morgan fingerprint density at radius 1 is 1.06 bits per heavy atom. The highest BCUT2D eigenvalue weighted by Gasteiger charge is 2.50. The fourth-order valence-electron chi connectivity index (χ4n) is 4.41. The first-order valence-corrected chi connectivity index (χ1v) is 11.4. The van der Waals surface area contributed by atoms with E-state index in [1.54, 1.807) is 18.2 Å². The summed E-state index contributed by atoms with van der Waals surface area (Å²) in [4.78, 5) is 51.7. The fourth-order valence-corrected chi connectivity index (χ4v) is 4.75. The number of carbonyl (C=O) groups excluding carboxylic acids is 4. The number of imide groups is 1. The molecule has 3 amide bonds. The third-order valence-electron chi connectivity index (χ3n) is 6.06. The molecular formula is C24H22Cl2N2O5. The second-order valence-electron chi connectivity index (χ2n) is 8.44. The Kier molecular flexibility index (Phi) is 6.72. The van der Waals surface area contributed by atoms with Crippen LogP contribution < -0.4 is 10.2 Å². The summed E-state index contributed by atoms with van der Waals surface area (Å²) >= 11 is 11.9. The Labute approximate surface area is 201 Å². The van der Waals surface area contributed by atoms with Crippen molar-refractivity contribution >= 4 is 58.3 Å². The smallest absolute Gasteiger partial charge is 0.338 e. The molecule has 3 atom stereocenters. The van der Waals surface area contributed by atoms with Crippen LogP contribution in [0.5, 0.6) is 0 Å². The molecule has 1 aliphatic heterocycles. The number of hydrogen-bond acceptors (Lipinski definition) is 5. The first kappa shape index (κ1) is 23.3. The number of esters is 1. The summed E-state index contributed by atoms with van der Waals surface area (Å²) in [5.41, 5.74) is 0.760.